The lowest BCUT2D eigenvalue weighted by Crippen LogP contribution is -1.90. The lowest BCUT2D eigenvalue weighted by Gasteiger charge is -1.91. The summed E-state index contributed by atoms with van der Waals surface area (Å²) in [5, 5.41) is 3.63. The van der Waals surface area contributed by atoms with Gasteiger partial charge >= 0.3 is 0 Å². The van der Waals surface area contributed by atoms with Crippen LogP contribution < -0.4 is 0 Å². The van der Waals surface area contributed by atoms with Crippen molar-refractivity contribution in [2.75, 3.05) is 6.54 Å². The third-order valence-corrected chi connectivity index (χ3v) is 6.47. The molecular formula is C12H9NS3. The Labute approximate surface area is 105 Å². The van der Waals surface area contributed by atoms with Gasteiger partial charge in [-0.2, -0.15) is 0 Å². The molecule has 0 unspecified atom stereocenters. The molecule has 0 bridgehead atoms. The predicted molar refractivity (Wildman–Crippen MR) is 75.7 cm³/mol. The molecule has 0 aliphatic carbocycles. The maximum Gasteiger partial charge on any atom is 0.0885 e. The number of nitrogens with zero attached hydrogens (tertiary/aromatic N) is 1. The second kappa shape index (κ2) is 3.39. The van der Waals surface area contributed by atoms with Gasteiger partial charge in [0.25, 0.3) is 0 Å². The summed E-state index contributed by atoms with van der Waals surface area (Å²) >= 11 is 5.69. The van der Waals surface area contributed by atoms with Gasteiger partial charge in [-0.15, -0.1) is 34.0 Å². The highest BCUT2D eigenvalue weighted by Crippen LogP contribution is 2.42. The van der Waals surface area contributed by atoms with Crippen molar-refractivity contribution < 1.29 is 0 Å². The molecule has 3 aromatic rings. The van der Waals surface area contributed by atoms with E-state index in [4.69, 9.17) is 0 Å². The zero-order valence-corrected chi connectivity index (χ0v) is 11.0. The van der Waals surface area contributed by atoms with Crippen LogP contribution in [0.2, 0.25) is 0 Å². The zero-order valence-electron chi connectivity index (χ0n) is 8.53. The summed E-state index contributed by atoms with van der Waals surface area (Å²) in [6.07, 6.45) is 2.40. The Morgan fingerprint density at radius 1 is 1.25 bits per heavy atom. The van der Waals surface area contributed by atoms with Crippen LogP contribution in [0.1, 0.15) is 17.7 Å². The average Bonchev–Trinajstić information content (AvgIpc) is 2.98. The van der Waals surface area contributed by atoms with Crippen molar-refractivity contribution in [3.8, 4) is 0 Å². The lowest BCUT2D eigenvalue weighted by atomic mass is 10.2. The van der Waals surface area contributed by atoms with Crippen LogP contribution in [-0.2, 0) is 0 Å². The van der Waals surface area contributed by atoms with Crippen LogP contribution in [0.15, 0.2) is 22.5 Å². The first-order valence-corrected chi connectivity index (χ1v) is 7.86. The van der Waals surface area contributed by atoms with E-state index in [9.17, 15) is 0 Å². The van der Waals surface area contributed by atoms with Crippen molar-refractivity contribution in [2.24, 2.45) is 4.99 Å². The molecule has 0 fully saturated rings. The van der Waals surface area contributed by atoms with Crippen LogP contribution in [0.5, 0.6) is 0 Å². The summed E-state index contributed by atoms with van der Waals surface area (Å²) in [5.74, 6) is 0. The maximum atomic E-state index is 4.58. The van der Waals surface area contributed by atoms with Crippen molar-refractivity contribution in [2.45, 2.75) is 12.8 Å². The SMILES string of the molecule is c1cc2c(s1)sc1cc(C3=NCCC3)sc12. The Morgan fingerprint density at radius 2 is 2.25 bits per heavy atom. The number of fused-ring (bicyclic) bond motifs is 3. The fourth-order valence-electron chi connectivity index (χ4n) is 2.16. The van der Waals surface area contributed by atoms with Gasteiger partial charge in [0.05, 0.1) is 19.3 Å². The van der Waals surface area contributed by atoms with E-state index in [0.29, 0.717) is 0 Å². The Bertz CT molecular complexity index is 698. The minimum Gasteiger partial charge on any atom is -0.288 e. The predicted octanol–water partition coefficient (Wildman–Crippen LogP) is 4.76. The summed E-state index contributed by atoms with van der Waals surface area (Å²) < 4.78 is 4.36. The topological polar surface area (TPSA) is 12.4 Å². The van der Waals surface area contributed by atoms with E-state index in [2.05, 4.69) is 22.5 Å². The monoisotopic (exact) mass is 263 g/mol. The summed E-state index contributed by atoms with van der Waals surface area (Å²) in [6, 6.07) is 4.58. The molecule has 4 heterocycles. The molecule has 0 aromatic carbocycles. The number of thiophene rings is 3. The van der Waals surface area contributed by atoms with Crippen LogP contribution in [0.3, 0.4) is 0 Å². The van der Waals surface area contributed by atoms with Crippen LogP contribution in [0.4, 0.5) is 0 Å². The number of rotatable bonds is 1. The molecule has 0 saturated carbocycles. The van der Waals surface area contributed by atoms with Gasteiger partial charge in [-0.25, -0.2) is 0 Å². The molecule has 3 aromatic heterocycles. The van der Waals surface area contributed by atoms with Crippen molar-refractivity contribution in [3.05, 3.63) is 22.4 Å². The van der Waals surface area contributed by atoms with Crippen molar-refractivity contribution >= 4 is 58.5 Å². The third kappa shape index (κ3) is 1.24. The van der Waals surface area contributed by atoms with Crippen LogP contribution in [0.25, 0.3) is 18.8 Å². The van der Waals surface area contributed by atoms with Gasteiger partial charge in [-0.05, 0) is 30.4 Å². The van der Waals surface area contributed by atoms with Gasteiger partial charge in [0.2, 0.25) is 0 Å². The normalized spacial score (nSPS) is 16.4. The molecule has 4 rings (SSSR count). The first-order valence-electron chi connectivity index (χ1n) is 5.35. The standard InChI is InChI=1S/C12H9NS3/c1-2-8(13-4-1)9-6-10-11(15-9)7-3-5-14-12(7)16-10/h3,5-6H,1-2,4H2. The molecule has 0 saturated heterocycles. The molecule has 0 spiro atoms. The van der Waals surface area contributed by atoms with Crippen molar-refractivity contribution in [3.63, 3.8) is 0 Å². The first kappa shape index (κ1) is 9.33. The van der Waals surface area contributed by atoms with Crippen molar-refractivity contribution in [1.29, 1.82) is 0 Å². The number of hydrogen-bond acceptors (Lipinski definition) is 4. The average molecular weight is 263 g/mol. The molecule has 1 nitrogen and oxygen atoms in total. The summed E-state index contributed by atoms with van der Waals surface area (Å²) in [7, 11) is 0. The molecule has 16 heavy (non-hydrogen) atoms. The zero-order chi connectivity index (χ0) is 10.5. The van der Waals surface area contributed by atoms with E-state index in [-0.39, 0.29) is 0 Å². The summed E-state index contributed by atoms with van der Waals surface area (Å²) in [4.78, 5) is 5.98. The Kier molecular flexibility index (Phi) is 1.98. The minimum absolute atomic E-state index is 1.02. The molecule has 1 aliphatic rings. The fourth-order valence-corrected chi connectivity index (χ4v) is 5.85. The summed E-state index contributed by atoms with van der Waals surface area (Å²) in [6.45, 7) is 1.02. The molecule has 4 heteroatoms. The Balaban J connectivity index is 1.98. The smallest absolute Gasteiger partial charge is 0.0885 e. The second-order valence-corrected chi connectivity index (χ2v) is 7.24. The van der Waals surface area contributed by atoms with Gasteiger partial charge in [0.1, 0.15) is 0 Å². The highest BCUT2D eigenvalue weighted by Gasteiger charge is 2.15. The van der Waals surface area contributed by atoms with Crippen LogP contribution >= 0.6 is 34.0 Å². The molecule has 1 aliphatic heterocycles. The second-order valence-electron chi connectivity index (χ2n) is 3.96. The Morgan fingerprint density at radius 3 is 3.12 bits per heavy atom. The number of hydrogen-bond donors (Lipinski definition) is 0. The molecule has 0 amide bonds. The van der Waals surface area contributed by atoms with Gasteiger partial charge < -0.3 is 0 Å². The van der Waals surface area contributed by atoms with Crippen LogP contribution in [-0.4, -0.2) is 12.3 Å². The number of aliphatic imine (C=N–C) groups is 1. The van der Waals surface area contributed by atoms with E-state index in [1.165, 1.54) is 42.2 Å². The van der Waals surface area contributed by atoms with Crippen LogP contribution in [0, 0.1) is 0 Å². The van der Waals surface area contributed by atoms with E-state index < -0.39 is 0 Å². The van der Waals surface area contributed by atoms with Gasteiger partial charge in [0, 0.05) is 16.6 Å². The molecule has 0 N–H and O–H groups in total. The highest BCUT2D eigenvalue weighted by atomic mass is 32.2. The highest BCUT2D eigenvalue weighted by molar-refractivity contribution is 7.43. The minimum atomic E-state index is 1.02. The van der Waals surface area contributed by atoms with Gasteiger partial charge in [-0.1, -0.05) is 0 Å². The van der Waals surface area contributed by atoms with E-state index in [1.54, 1.807) is 0 Å². The third-order valence-electron chi connectivity index (χ3n) is 2.93. The fraction of sp³-hybridized carbons (Fsp3) is 0.250. The maximum absolute atomic E-state index is 4.58. The van der Waals surface area contributed by atoms with Gasteiger partial charge in [-0.3, -0.25) is 4.99 Å². The molecule has 0 radical (unpaired) electrons. The summed E-state index contributed by atoms with van der Waals surface area (Å²) in [5.41, 5.74) is 1.33. The van der Waals surface area contributed by atoms with Crippen molar-refractivity contribution in [1.82, 2.24) is 0 Å². The van der Waals surface area contributed by atoms with E-state index in [0.717, 1.165) is 6.54 Å². The van der Waals surface area contributed by atoms with E-state index >= 15 is 0 Å². The van der Waals surface area contributed by atoms with E-state index in [1.807, 2.05) is 34.0 Å². The lowest BCUT2D eigenvalue weighted by molar-refractivity contribution is 0.951. The molecule has 80 valence electrons. The Hall–Kier alpha value is -0.710. The first-order chi connectivity index (χ1) is 7.92. The van der Waals surface area contributed by atoms with Gasteiger partial charge in [0.15, 0.2) is 0 Å². The quantitative estimate of drug-likeness (QED) is 0.600. The largest absolute Gasteiger partial charge is 0.288 e. The molecular weight excluding hydrogens is 254 g/mol. The molecule has 0 atom stereocenters.